The first-order valence-electron chi connectivity index (χ1n) is 4.96. The van der Waals surface area contributed by atoms with Crippen LogP contribution >= 0.6 is 9.42 Å². The van der Waals surface area contributed by atoms with E-state index in [1.807, 2.05) is 0 Å². The molecule has 2 N–H and O–H groups in total. The molecule has 0 aliphatic rings. The summed E-state index contributed by atoms with van der Waals surface area (Å²) >= 11 is 1.61. The molecule has 0 aliphatic heterocycles. The van der Waals surface area contributed by atoms with E-state index in [4.69, 9.17) is 10.2 Å². The third-order valence-corrected chi connectivity index (χ3v) is 2.07. The van der Waals surface area contributed by atoms with Gasteiger partial charge in [-0.1, -0.05) is 11.8 Å². The molecule has 1 aromatic rings. The fraction of sp³-hybridized carbons (Fsp3) is 0.273. The molecule has 0 aliphatic carbocycles. The van der Waals surface area contributed by atoms with Crippen molar-refractivity contribution in [3.05, 3.63) is 23.8 Å². The van der Waals surface area contributed by atoms with Gasteiger partial charge in [0.2, 0.25) is 0 Å². The van der Waals surface area contributed by atoms with E-state index in [2.05, 4.69) is 14.4 Å². The largest absolute Gasteiger partial charge is 1.00 e. The first-order chi connectivity index (χ1) is 8.91. The number of phenols is 1. The van der Waals surface area contributed by atoms with Crippen LogP contribution in [0.2, 0.25) is 0 Å². The van der Waals surface area contributed by atoms with Gasteiger partial charge in [0.15, 0.2) is 0 Å². The Morgan fingerprint density at radius 2 is 2.05 bits per heavy atom. The zero-order valence-corrected chi connectivity index (χ0v) is 16.9. The number of hydrogen-bond donors (Lipinski definition) is 2. The Hall–Kier alpha value is 0.535. The van der Waals surface area contributed by atoms with Crippen LogP contribution in [0.5, 0.6) is 11.5 Å². The van der Waals surface area contributed by atoms with Crippen molar-refractivity contribution < 1.29 is 95.4 Å². The van der Waals surface area contributed by atoms with Crippen molar-refractivity contribution in [2.45, 2.75) is 19.1 Å². The van der Waals surface area contributed by atoms with Crippen LogP contribution in [-0.4, -0.2) is 34.5 Å². The predicted octanol–water partition coefficient (Wildman–Crippen LogP) is -3.92. The van der Waals surface area contributed by atoms with Gasteiger partial charge in [0.25, 0.3) is 0 Å². The Labute approximate surface area is 174 Å². The fourth-order valence-corrected chi connectivity index (χ4v) is 1.18. The molecule has 1 aromatic carbocycles. The minimum atomic E-state index is -1.54. The monoisotopic (exact) mass is 506 g/mol. The van der Waals surface area contributed by atoms with E-state index < -0.39 is 23.9 Å². The molecule has 0 radical (unpaired) electrons. The number of carbonyl (C=O) groups is 1. The number of aliphatic hydroxyl groups excluding tert-OH is 1. The number of aliphatic hydroxyl groups is 1. The van der Waals surface area contributed by atoms with Gasteiger partial charge < -0.3 is 25.2 Å². The van der Waals surface area contributed by atoms with Crippen LogP contribution in [0, 0.1) is 0 Å². The molecule has 0 unspecified atom stereocenters. The average Bonchev–Trinajstić information content (AvgIpc) is 2.35. The predicted molar refractivity (Wildman–Crippen MR) is 61.5 cm³/mol. The summed E-state index contributed by atoms with van der Waals surface area (Å²) < 4.78 is 0. The second-order valence-electron chi connectivity index (χ2n) is 3.50. The number of carboxylic acid groups (broad SMARTS) is 1. The molecule has 0 amide bonds. The SMILES string of the molecule is C[C@@H](O)[C@H](N=Cc1cc(O)ccc1[O-])C(=O)[O-].[Cl][Pt+].[K+]. The van der Waals surface area contributed by atoms with Gasteiger partial charge in [-0.2, -0.15) is 0 Å². The van der Waals surface area contributed by atoms with Crippen LogP contribution in [0.15, 0.2) is 23.2 Å². The second kappa shape index (κ2) is 12.1. The second-order valence-corrected chi connectivity index (χ2v) is 3.50. The molecular weight excluding hydrogens is 496 g/mol. The minimum Gasteiger partial charge on any atom is 1.00 e. The standard InChI is InChI=1S/C11H13NO5.ClH.K.Pt/c1-6(13)10(11(16)17)12-5-7-4-8(14)2-3-9(7)15;;;/h2-6,10,13-15H,1H3,(H,16,17);1H;;/q;;+1;+2/p-3/t6-,10+;;;/m1.../s1. The van der Waals surface area contributed by atoms with E-state index in [9.17, 15) is 15.0 Å². The number of nitrogens with zero attached hydrogens (tertiary/aromatic N) is 1. The summed E-state index contributed by atoms with van der Waals surface area (Å²) in [5.41, 5.74) is 0.0388. The van der Waals surface area contributed by atoms with Crippen LogP contribution in [0.25, 0.3) is 0 Å². The number of aliphatic imine (C=N–C) groups is 1. The van der Waals surface area contributed by atoms with Gasteiger partial charge in [-0.15, -0.1) is 0 Å². The Morgan fingerprint density at radius 1 is 1.50 bits per heavy atom. The number of aliphatic carboxylic acids is 1. The van der Waals surface area contributed by atoms with Crippen LogP contribution < -0.4 is 61.6 Å². The fourth-order valence-electron chi connectivity index (χ4n) is 1.18. The number of rotatable bonds is 4. The molecule has 20 heavy (non-hydrogen) atoms. The molecule has 0 heterocycles. The molecule has 0 spiro atoms. The van der Waals surface area contributed by atoms with Gasteiger partial charge in [-0.3, -0.25) is 4.99 Å². The van der Waals surface area contributed by atoms with Crippen molar-refractivity contribution in [3.63, 3.8) is 0 Å². The topological polar surface area (TPSA) is 116 Å². The van der Waals surface area contributed by atoms with Crippen molar-refractivity contribution in [1.29, 1.82) is 0 Å². The maximum atomic E-state index is 11.3. The van der Waals surface area contributed by atoms with E-state index in [1.165, 1.54) is 13.0 Å². The van der Waals surface area contributed by atoms with Gasteiger partial charge in [0, 0.05) is 6.21 Å². The Morgan fingerprint density at radius 3 is 2.50 bits per heavy atom. The van der Waals surface area contributed by atoms with Gasteiger partial charge in [-0.05, 0) is 24.6 Å². The first-order valence-corrected chi connectivity index (χ1v) is 7.77. The molecule has 0 bridgehead atoms. The van der Waals surface area contributed by atoms with Crippen molar-refractivity contribution in [2.24, 2.45) is 4.99 Å². The normalized spacial score (nSPS) is 12.8. The molecular formula is C11H11ClKNO5Pt. The van der Waals surface area contributed by atoms with E-state index >= 15 is 0 Å². The van der Waals surface area contributed by atoms with Crippen molar-refractivity contribution in [3.8, 4) is 11.5 Å². The first kappa shape index (κ1) is 22.8. The van der Waals surface area contributed by atoms with Gasteiger partial charge in [0.05, 0.1) is 12.1 Å². The van der Waals surface area contributed by atoms with Crippen LogP contribution in [0.3, 0.4) is 0 Å². The van der Waals surface area contributed by atoms with Crippen LogP contribution in [0.1, 0.15) is 12.5 Å². The third-order valence-electron chi connectivity index (χ3n) is 2.07. The van der Waals surface area contributed by atoms with Crippen molar-refractivity contribution in [2.75, 3.05) is 0 Å². The Bertz CT molecular complexity index is 458. The number of aromatic hydroxyl groups is 1. The minimum absolute atomic E-state index is 0. The zero-order valence-electron chi connectivity index (χ0n) is 10.7. The number of halogens is 1. The summed E-state index contributed by atoms with van der Waals surface area (Å²) in [5.74, 6) is -2.08. The van der Waals surface area contributed by atoms with E-state index in [-0.39, 0.29) is 62.7 Å². The number of benzene rings is 1. The molecule has 0 saturated carbocycles. The van der Waals surface area contributed by atoms with E-state index in [0.717, 1.165) is 18.3 Å². The molecule has 6 nitrogen and oxygen atoms in total. The molecule has 0 fully saturated rings. The smallest absolute Gasteiger partial charge is 1.00 e. The molecule has 9 heteroatoms. The van der Waals surface area contributed by atoms with Gasteiger partial charge in [0.1, 0.15) is 11.8 Å². The van der Waals surface area contributed by atoms with Gasteiger partial charge >= 0.3 is 79.6 Å². The maximum absolute atomic E-state index is 11.3. The Kier molecular flexibility index (Phi) is 13.8. The third kappa shape index (κ3) is 8.09. The molecule has 1 rings (SSSR count). The molecule has 0 saturated heterocycles. The Balaban J connectivity index is 0. The quantitative estimate of drug-likeness (QED) is 0.320. The molecule has 2 atom stereocenters. The average molecular weight is 507 g/mol. The number of hydrogen-bond acceptors (Lipinski definition) is 6. The number of phenolic OH excluding ortho intramolecular Hbond substituents is 1. The van der Waals surface area contributed by atoms with Gasteiger partial charge in [-0.25, -0.2) is 0 Å². The summed E-state index contributed by atoms with van der Waals surface area (Å²) in [7, 11) is 4.61. The summed E-state index contributed by atoms with van der Waals surface area (Å²) in [6, 6.07) is 2.05. The zero-order chi connectivity index (χ0) is 15.0. The maximum Gasteiger partial charge on any atom is 1.00 e. The summed E-state index contributed by atoms with van der Waals surface area (Å²) in [6.07, 6.45) is -0.237. The summed E-state index contributed by atoms with van der Waals surface area (Å²) in [5, 5.41) is 40.2. The molecule has 108 valence electrons. The van der Waals surface area contributed by atoms with Crippen molar-refractivity contribution in [1.82, 2.24) is 0 Å². The number of carbonyl (C=O) groups excluding carboxylic acids is 1. The number of carboxylic acids is 1. The van der Waals surface area contributed by atoms with E-state index in [0.29, 0.717) is 0 Å². The summed E-state index contributed by atoms with van der Waals surface area (Å²) in [4.78, 5) is 14.1. The van der Waals surface area contributed by atoms with Crippen LogP contribution in [-0.2, 0) is 23.6 Å². The summed E-state index contributed by atoms with van der Waals surface area (Å²) in [6.45, 7) is 1.25. The van der Waals surface area contributed by atoms with E-state index in [1.54, 1.807) is 18.8 Å². The van der Waals surface area contributed by atoms with Crippen molar-refractivity contribution >= 4 is 21.6 Å². The van der Waals surface area contributed by atoms with Crippen LogP contribution in [0.4, 0.5) is 0 Å². The molecule has 0 aromatic heterocycles.